The predicted molar refractivity (Wildman–Crippen MR) is 122 cm³/mol. The molecule has 1 fully saturated rings. The van der Waals surface area contributed by atoms with Crippen molar-refractivity contribution in [2.75, 3.05) is 7.11 Å². The second kappa shape index (κ2) is 7.51. The number of hydrogen-bond donors (Lipinski definition) is 2. The van der Waals surface area contributed by atoms with Gasteiger partial charge in [0.2, 0.25) is 4.96 Å². The van der Waals surface area contributed by atoms with Crippen molar-refractivity contribution in [3.63, 3.8) is 0 Å². The number of benzene rings is 1. The van der Waals surface area contributed by atoms with E-state index in [1.165, 1.54) is 11.3 Å². The van der Waals surface area contributed by atoms with E-state index in [0.29, 0.717) is 16.2 Å². The monoisotopic (exact) mass is 447 g/mol. The van der Waals surface area contributed by atoms with Gasteiger partial charge in [0, 0.05) is 10.8 Å². The van der Waals surface area contributed by atoms with E-state index in [0.717, 1.165) is 45.4 Å². The SMILES string of the molecule is COc1ccc(-c2c(C)nc3sc(C(C)(C)O)nn23)cc1S[C@H]1C[C@@H](C(C)(C)O)C1. The Kier molecular flexibility index (Phi) is 5.41. The lowest BCUT2D eigenvalue weighted by molar-refractivity contribution is -0.0154. The molecule has 30 heavy (non-hydrogen) atoms. The quantitative estimate of drug-likeness (QED) is 0.573. The van der Waals surface area contributed by atoms with E-state index in [2.05, 4.69) is 16.1 Å². The summed E-state index contributed by atoms with van der Waals surface area (Å²) in [6.07, 6.45) is 2.00. The normalized spacial score (nSPS) is 19.9. The molecule has 3 aromatic rings. The van der Waals surface area contributed by atoms with Crippen LogP contribution in [0.1, 0.15) is 51.2 Å². The zero-order chi connectivity index (χ0) is 21.8. The van der Waals surface area contributed by atoms with Gasteiger partial charge in [-0.1, -0.05) is 11.3 Å². The molecule has 4 rings (SSSR count). The molecule has 1 aliphatic rings. The number of ether oxygens (including phenoxy) is 1. The number of imidazole rings is 1. The van der Waals surface area contributed by atoms with Crippen molar-refractivity contribution < 1.29 is 14.9 Å². The number of fused-ring (bicyclic) bond motifs is 1. The van der Waals surface area contributed by atoms with Crippen LogP contribution < -0.4 is 4.74 Å². The van der Waals surface area contributed by atoms with E-state index < -0.39 is 11.2 Å². The first kappa shape index (κ1) is 21.6. The van der Waals surface area contributed by atoms with E-state index in [9.17, 15) is 10.2 Å². The van der Waals surface area contributed by atoms with E-state index in [1.54, 1.807) is 21.0 Å². The maximum absolute atomic E-state index is 10.3. The number of aryl methyl sites for hydroxylation is 1. The Hall–Kier alpha value is -1.61. The second-order valence-electron chi connectivity index (χ2n) is 9.13. The lowest BCUT2D eigenvalue weighted by atomic mass is 9.74. The van der Waals surface area contributed by atoms with Crippen LogP contribution in [0.3, 0.4) is 0 Å². The molecule has 1 aromatic carbocycles. The van der Waals surface area contributed by atoms with Crippen LogP contribution in [0.25, 0.3) is 16.2 Å². The molecule has 0 atom stereocenters. The van der Waals surface area contributed by atoms with E-state index in [-0.39, 0.29) is 0 Å². The largest absolute Gasteiger partial charge is 0.496 e. The van der Waals surface area contributed by atoms with Gasteiger partial charge in [0.25, 0.3) is 0 Å². The molecule has 2 heterocycles. The highest BCUT2D eigenvalue weighted by molar-refractivity contribution is 8.00. The van der Waals surface area contributed by atoms with Gasteiger partial charge in [-0.2, -0.15) is 5.10 Å². The highest BCUT2D eigenvalue weighted by Crippen LogP contribution is 2.48. The van der Waals surface area contributed by atoms with Gasteiger partial charge in [-0.05, 0) is 71.6 Å². The van der Waals surface area contributed by atoms with Crippen LogP contribution in [0.2, 0.25) is 0 Å². The Morgan fingerprint density at radius 3 is 2.50 bits per heavy atom. The molecule has 162 valence electrons. The van der Waals surface area contributed by atoms with Crippen molar-refractivity contribution in [1.82, 2.24) is 14.6 Å². The van der Waals surface area contributed by atoms with Gasteiger partial charge in [0.15, 0.2) is 0 Å². The molecule has 0 unspecified atom stereocenters. The summed E-state index contributed by atoms with van der Waals surface area (Å²) in [5, 5.41) is 26.3. The molecule has 0 saturated heterocycles. The molecule has 0 bridgehead atoms. The fourth-order valence-electron chi connectivity index (χ4n) is 3.76. The summed E-state index contributed by atoms with van der Waals surface area (Å²) in [6, 6.07) is 6.16. The maximum Gasteiger partial charge on any atom is 0.213 e. The van der Waals surface area contributed by atoms with Gasteiger partial charge in [-0.15, -0.1) is 11.8 Å². The Morgan fingerprint density at radius 1 is 1.20 bits per heavy atom. The minimum atomic E-state index is -1.00. The summed E-state index contributed by atoms with van der Waals surface area (Å²) in [5.41, 5.74) is 1.24. The van der Waals surface area contributed by atoms with Gasteiger partial charge >= 0.3 is 0 Å². The zero-order valence-corrected chi connectivity index (χ0v) is 19.9. The average Bonchev–Trinajstić information content (AvgIpc) is 3.13. The fourth-order valence-corrected chi connectivity index (χ4v) is 6.19. The molecule has 6 nitrogen and oxygen atoms in total. The summed E-state index contributed by atoms with van der Waals surface area (Å²) in [5.74, 6) is 1.19. The molecule has 0 aliphatic heterocycles. The Labute approximate surface area is 185 Å². The topological polar surface area (TPSA) is 79.9 Å². The van der Waals surface area contributed by atoms with Crippen LogP contribution in [0.5, 0.6) is 5.75 Å². The maximum atomic E-state index is 10.3. The van der Waals surface area contributed by atoms with Gasteiger partial charge < -0.3 is 14.9 Å². The number of nitrogens with zero attached hydrogens (tertiary/aromatic N) is 3. The van der Waals surface area contributed by atoms with Crippen LogP contribution in [0, 0.1) is 12.8 Å². The number of aromatic nitrogens is 3. The predicted octanol–water partition coefficient (Wildman–Crippen LogP) is 4.64. The lowest BCUT2D eigenvalue weighted by Crippen LogP contribution is -2.41. The van der Waals surface area contributed by atoms with Gasteiger partial charge in [-0.3, -0.25) is 0 Å². The first-order valence-electron chi connectivity index (χ1n) is 10.1. The van der Waals surface area contributed by atoms with E-state index >= 15 is 0 Å². The highest BCUT2D eigenvalue weighted by atomic mass is 32.2. The Morgan fingerprint density at radius 2 is 1.90 bits per heavy atom. The molecule has 0 radical (unpaired) electrons. The zero-order valence-electron chi connectivity index (χ0n) is 18.3. The third-order valence-corrected chi connectivity index (χ3v) is 8.24. The molecule has 1 aliphatic carbocycles. The summed E-state index contributed by atoms with van der Waals surface area (Å²) in [7, 11) is 1.69. The van der Waals surface area contributed by atoms with Crippen LogP contribution in [-0.4, -0.2) is 42.8 Å². The van der Waals surface area contributed by atoms with Crippen LogP contribution in [0.4, 0.5) is 0 Å². The van der Waals surface area contributed by atoms with Crippen molar-refractivity contribution in [3.8, 4) is 17.0 Å². The smallest absolute Gasteiger partial charge is 0.213 e. The standard InChI is InChI=1S/C22H29N3O3S2/c1-12-18(25-20(23-12)30-19(24-25)22(4,5)27)13-7-8-16(28-6)17(9-13)29-15-10-14(11-15)21(2,3)26/h7-9,14-15,26-27H,10-11H2,1-6H3/t14-,15+. The first-order valence-corrected chi connectivity index (χ1v) is 11.8. The van der Waals surface area contributed by atoms with Gasteiger partial charge in [0.05, 0.1) is 29.0 Å². The van der Waals surface area contributed by atoms with Crippen LogP contribution in [-0.2, 0) is 5.60 Å². The summed E-state index contributed by atoms with van der Waals surface area (Å²) >= 11 is 3.22. The summed E-state index contributed by atoms with van der Waals surface area (Å²) in [6.45, 7) is 9.24. The van der Waals surface area contributed by atoms with Gasteiger partial charge in [0.1, 0.15) is 16.4 Å². The molecule has 0 spiro atoms. The van der Waals surface area contributed by atoms with Crippen molar-refractivity contribution in [2.45, 2.75) is 68.8 Å². The third-order valence-electron chi connectivity index (χ3n) is 5.73. The number of hydrogen-bond acceptors (Lipinski definition) is 7. The van der Waals surface area contributed by atoms with Crippen LogP contribution in [0.15, 0.2) is 23.1 Å². The summed E-state index contributed by atoms with van der Waals surface area (Å²) < 4.78 is 7.44. The van der Waals surface area contributed by atoms with Crippen molar-refractivity contribution in [2.24, 2.45) is 5.92 Å². The molecule has 2 N–H and O–H groups in total. The van der Waals surface area contributed by atoms with Crippen molar-refractivity contribution in [1.29, 1.82) is 0 Å². The minimum absolute atomic E-state index is 0.344. The number of aliphatic hydroxyl groups is 2. The number of methoxy groups -OCH3 is 1. The lowest BCUT2D eigenvalue weighted by Gasteiger charge is -2.42. The van der Waals surface area contributed by atoms with Crippen molar-refractivity contribution in [3.05, 3.63) is 28.9 Å². The average molecular weight is 448 g/mol. The van der Waals surface area contributed by atoms with E-state index in [4.69, 9.17) is 4.74 Å². The van der Waals surface area contributed by atoms with Crippen molar-refractivity contribution >= 4 is 28.1 Å². The number of thioether (sulfide) groups is 1. The minimum Gasteiger partial charge on any atom is -0.496 e. The number of rotatable bonds is 6. The fraction of sp³-hybridized carbons (Fsp3) is 0.545. The van der Waals surface area contributed by atoms with E-state index in [1.807, 2.05) is 49.2 Å². The molecular weight excluding hydrogens is 418 g/mol. The molecule has 1 saturated carbocycles. The molecule has 0 amide bonds. The second-order valence-corrected chi connectivity index (χ2v) is 11.4. The highest BCUT2D eigenvalue weighted by Gasteiger charge is 2.39. The Balaban J connectivity index is 1.67. The molecular formula is C22H29N3O3S2. The Bertz CT molecular complexity index is 1070. The molecule has 2 aromatic heterocycles. The first-order chi connectivity index (χ1) is 14.0. The molecule has 8 heteroatoms. The van der Waals surface area contributed by atoms with Crippen LogP contribution >= 0.6 is 23.1 Å². The van der Waals surface area contributed by atoms with Gasteiger partial charge in [-0.25, -0.2) is 9.50 Å². The summed E-state index contributed by atoms with van der Waals surface area (Å²) in [4.78, 5) is 6.52. The third kappa shape index (κ3) is 3.98.